The molecule has 0 atom stereocenters. The zero-order valence-corrected chi connectivity index (χ0v) is 16.7. The zero-order chi connectivity index (χ0) is 20.1. The maximum absolute atomic E-state index is 12.6. The van der Waals surface area contributed by atoms with Gasteiger partial charge in [-0.05, 0) is 56.0 Å². The van der Waals surface area contributed by atoms with Crippen molar-refractivity contribution in [3.05, 3.63) is 48.2 Å². The largest absolute Gasteiger partial charge is 0.357 e. The molecule has 29 heavy (non-hydrogen) atoms. The normalized spacial score (nSPS) is 17.2. The van der Waals surface area contributed by atoms with E-state index < -0.39 is 0 Å². The van der Waals surface area contributed by atoms with Crippen LogP contribution in [0.1, 0.15) is 55.3 Å². The fraction of sp³-hybridized carbons (Fsp3) is 0.435. The summed E-state index contributed by atoms with van der Waals surface area (Å²) in [6, 6.07) is 10.9. The van der Waals surface area contributed by atoms with E-state index in [0.717, 1.165) is 44.6 Å². The second-order valence-corrected chi connectivity index (χ2v) is 7.96. The number of benzene rings is 1. The van der Waals surface area contributed by atoms with E-state index in [2.05, 4.69) is 20.5 Å². The molecule has 1 aromatic heterocycles. The third-order valence-corrected chi connectivity index (χ3v) is 5.80. The predicted molar refractivity (Wildman–Crippen MR) is 115 cm³/mol. The second kappa shape index (κ2) is 9.07. The lowest BCUT2D eigenvalue weighted by molar-refractivity contribution is -0.120. The Balaban J connectivity index is 1.37. The zero-order valence-electron chi connectivity index (χ0n) is 16.7. The Morgan fingerprint density at radius 1 is 0.897 bits per heavy atom. The molecule has 1 aliphatic carbocycles. The van der Waals surface area contributed by atoms with E-state index in [1.54, 1.807) is 24.4 Å². The molecule has 0 bridgehead atoms. The molecule has 0 radical (unpaired) electrons. The number of pyridine rings is 1. The van der Waals surface area contributed by atoms with E-state index in [1.165, 1.54) is 19.3 Å². The molecular formula is C23H28N4O2. The lowest BCUT2D eigenvalue weighted by Gasteiger charge is -2.20. The number of aromatic nitrogens is 1. The number of carbonyl (C=O) groups is 2. The first-order chi connectivity index (χ1) is 14.2. The van der Waals surface area contributed by atoms with Crippen molar-refractivity contribution in [2.45, 2.75) is 44.9 Å². The highest BCUT2D eigenvalue weighted by Gasteiger charge is 2.21. The van der Waals surface area contributed by atoms with E-state index in [-0.39, 0.29) is 17.7 Å². The summed E-state index contributed by atoms with van der Waals surface area (Å²) < 4.78 is 0. The molecule has 6 nitrogen and oxygen atoms in total. The first-order valence-corrected chi connectivity index (χ1v) is 10.6. The molecule has 2 aliphatic rings. The fourth-order valence-electron chi connectivity index (χ4n) is 4.14. The minimum Gasteiger partial charge on any atom is -0.357 e. The molecule has 2 aromatic rings. The number of nitrogens with zero attached hydrogens (tertiary/aromatic N) is 2. The van der Waals surface area contributed by atoms with Crippen LogP contribution < -0.4 is 15.5 Å². The van der Waals surface area contributed by atoms with E-state index >= 15 is 0 Å². The first-order valence-electron chi connectivity index (χ1n) is 10.6. The van der Waals surface area contributed by atoms with Gasteiger partial charge in [-0.15, -0.1) is 0 Å². The molecule has 4 rings (SSSR count). The molecular weight excluding hydrogens is 364 g/mol. The van der Waals surface area contributed by atoms with Crippen LogP contribution in [0.4, 0.5) is 17.2 Å². The van der Waals surface area contributed by atoms with Crippen molar-refractivity contribution in [1.82, 2.24) is 4.98 Å². The molecule has 2 N–H and O–H groups in total. The minimum atomic E-state index is -0.213. The highest BCUT2D eigenvalue weighted by molar-refractivity contribution is 6.05. The predicted octanol–water partition coefficient (Wildman–Crippen LogP) is 4.45. The first kappa shape index (κ1) is 19.4. The summed E-state index contributed by atoms with van der Waals surface area (Å²) in [6.07, 6.45) is 9.45. The fourth-order valence-corrected chi connectivity index (χ4v) is 4.14. The molecule has 0 unspecified atom stereocenters. The summed E-state index contributed by atoms with van der Waals surface area (Å²) in [6.45, 7) is 2.08. The third kappa shape index (κ3) is 4.94. The SMILES string of the molecule is O=C(Nc1ccc(N2CCCC2)nc1)c1cccc(NC(=O)C2CCCCC2)c1. The topological polar surface area (TPSA) is 74.3 Å². The lowest BCUT2D eigenvalue weighted by atomic mass is 9.88. The highest BCUT2D eigenvalue weighted by atomic mass is 16.2. The average Bonchev–Trinajstić information content (AvgIpc) is 3.30. The van der Waals surface area contributed by atoms with Crippen molar-refractivity contribution in [3.63, 3.8) is 0 Å². The highest BCUT2D eigenvalue weighted by Crippen LogP contribution is 2.25. The van der Waals surface area contributed by atoms with Gasteiger partial charge in [-0.3, -0.25) is 9.59 Å². The standard InChI is InChI=1S/C23H28N4O2/c28-22(17-7-2-1-3-8-17)25-19-10-6-9-18(15-19)23(29)26-20-11-12-21(24-16-20)27-13-4-5-14-27/h6,9-12,15-17H,1-5,7-8,13-14H2,(H,25,28)(H,26,29). The summed E-state index contributed by atoms with van der Waals surface area (Å²) in [4.78, 5) is 31.8. The van der Waals surface area contributed by atoms with Crippen molar-refractivity contribution < 1.29 is 9.59 Å². The van der Waals surface area contributed by atoms with Crippen molar-refractivity contribution in [2.75, 3.05) is 28.6 Å². The molecule has 2 fully saturated rings. The number of amides is 2. The number of rotatable bonds is 5. The Kier molecular flexibility index (Phi) is 6.08. The van der Waals surface area contributed by atoms with Crippen molar-refractivity contribution in [1.29, 1.82) is 0 Å². The van der Waals surface area contributed by atoms with Gasteiger partial charge in [-0.2, -0.15) is 0 Å². The average molecular weight is 393 g/mol. The van der Waals surface area contributed by atoms with Crippen molar-refractivity contribution >= 4 is 29.0 Å². The van der Waals surface area contributed by atoms with Gasteiger partial charge >= 0.3 is 0 Å². The van der Waals surface area contributed by atoms with Gasteiger partial charge in [-0.25, -0.2) is 4.98 Å². The van der Waals surface area contributed by atoms with E-state index in [9.17, 15) is 9.59 Å². The van der Waals surface area contributed by atoms with Gasteiger partial charge < -0.3 is 15.5 Å². The maximum atomic E-state index is 12.6. The quantitative estimate of drug-likeness (QED) is 0.788. The van der Waals surface area contributed by atoms with Gasteiger partial charge in [0.25, 0.3) is 5.91 Å². The summed E-state index contributed by atoms with van der Waals surface area (Å²) in [7, 11) is 0. The Morgan fingerprint density at radius 3 is 2.41 bits per heavy atom. The molecule has 6 heteroatoms. The Morgan fingerprint density at radius 2 is 1.69 bits per heavy atom. The van der Waals surface area contributed by atoms with Crippen LogP contribution >= 0.6 is 0 Å². The molecule has 1 aromatic carbocycles. The molecule has 1 saturated heterocycles. The van der Waals surface area contributed by atoms with Gasteiger partial charge in [0.1, 0.15) is 5.82 Å². The van der Waals surface area contributed by atoms with Crippen LogP contribution in [0.3, 0.4) is 0 Å². The van der Waals surface area contributed by atoms with E-state index in [0.29, 0.717) is 16.9 Å². The molecule has 0 spiro atoms. The van der Waals surface area contributed by atoms with Crippen LogP contribution in [0.5, 0.6) is 0 Å². The Hall–Kier alpha value is -2.89. The molecule has 1 aliphatic heterocycles. The van der Waals surface area contributed by atoms with Gasteiger partial charge in [-0.1, -0.05) is 25.3 Å². The van der Waals surface area contributed by atoms with Crippen LogP contribution in [0.2, 0.25) is 0 Å². The van der Waals surface area contributed by atoms with Crippen LogP contribution in [-0.4, -0.2) is 29.9 Å². The summed E-state index contributed by atoms with van der Waals surface area (Å²) in [5, 5.41) is 5.86. The molecule has 152 valence electrons. The van der Waals surface area contributed by atoms with Gasteiger partial charge in [0, 0.05) is 30.3 Å². The van der Waals surface area contributed by atoms with E-state index in [4.69, 9.17) is 0 Å². The maximum Gasteiger partial charge on any atom is 0.255 e. The Labute approximate surface area is 171 Å². The van der Waals surface area contributed by atoms with Gasteiger partial charge in [0.05, 0.1) is 11.9 Å². The Bertz CT molecular complexity index is 853. The van der Waals surface area contributed by atoms with Crippen LogP contribution in [0.15, 0.2) is 42.6 Å². The second-order valence-electron chi connectivity index (χ2n) is 7.96. The molecule has 2 heterocycles. The van der Waals surface area contributed by atoms with Gasteiger partial charge in [0.15, 0.2) is 0 Å². The van der Waals surface area contributed by atoms with Gasteiger partial charge in [0.2, 0.25) is 5.91 Å². The third-order valence-electron chi connectivity index (χ3n) is 5.80. The number of hydrogen-bond acceptors (Lipinski definition) is 4. The van der Waals surface area contributed by atoms with Crippen LogP contribution in [-0.2, 0) is 4.79 Å². The van der Waals surface area contributed by atoms with Crippen molar-refractivity contribution in [3.8, 4) is 0 Å². The molecule has 2 amide bonds. The van der Waals surface area contributed by atoms with Crippen molar-refractivity contribution in [2.24, 2.45) is 5.92 Å². The summed E-state index contributed by atoms with van der Waals surface area (Å²) >= 11 is 0. The summed E-state index contributed by atoms with van der Waals surface area (Å²) in [5.41, 5.74) is 1.83. The number of carbonyl (C=O) groups excluding carboxylic acids is 2. The number of hydrogen-bond donors (Lipinski definition) is 2. The lowest BCUT2D eigenvalue weighted by Crippen LogP contribution is -2.24. The van der Waals surface area contributed by atoms with Crippen LogP contribution in [0, 0.1) is 5.92 Å². The van der Waals surface area contributed by atoms with E-state index in [1.807, 2.05) is 18.2 Å². The van der Waals surface area contributed by atoms with Crippen LogP contribution in [0.25, 0.3) is 0 Å². The summed E-state index contributed by atoms with van der Waals surface area (Å²) in [5.74, 6) is 0.882. The molecule has 1 saturated carbocycles. The smallest absolute Gasteiger partial charge is 0.255 e. The number of anilines is 3. The monoisotopic (exact) mass is 392 g/mol. The minimum absolute atomic E-state index is 0.0592. The number of nitrogens with one attached hydrogen (secondary N) is 2.